The van der Waals surface area contributed by atoms with Crippen LogP contribution in [-0.2, 0) is 14.3 Å². The van der Waals surface area contributed by atoms with Gasteiger partial charge >= 0.3 is 12.1 Å². The summed E-state index contributed by atoms with van der Waals surface area (Å²) in [5, 5.41) is 9.46. The predicted molar refractivity (Wildman–Crippen MR) is 45.5 cm³/mol. The molecule has 1 amide bonds. The summed E-state index contributed by atoms with van der Waals surface area (Å²) >= 11 is 0. The predicted octanol–water partition coefficient (Wildman–Crippen LogP) is -0.782. The van der Waals surface area contributed by atoms with Crippen molar-refractivity contribution in [3.8, 4) is 0 Å². The first-order valence-corrected chi connectivity index (χ1v) is 4.19. The third-order valence-electron chi connectivity index (χ3n) is 2.23. The van der Waals surface area contributed by atoms with Crippen molar-refractivity contribution in [1.29, 1.82) is 0 Å². The molecule has 0 radical (unpaired) electrons. The van der Waals surface area contributed by atoms with Gasteiger partial charge in [0.05, 0.1) is 26.9 Å². The topological polar surface area (TPSA) is 76.1 Å². The summed E-state index contributed by atoms with van der Waals surface area (Å²) in [5.74, 6) is -1.18. The van der Waals surface area contributed by atoms with E-state index in [1.807, 2.05) is 0 Å². The van der Waals surface area contributed by atoms with Gasteiger partial charge in [0.15, 0.2) is 0 Å². The van der Waals surface area contributed by atoms with Gasteiger partial charge in [-0.3, -0.25) is 4.79 Å². The minimum Gasteiger partial charge on any atom is -0.469 e. The van der Waals surface area contributed by atoms with E-state index in [0.717, 1.165) is 0 Å². The van der Waals surface area contributed by atoms with Crippen LogP contribution in [0.4, 0.5) is 4.79 Å². The lowest BCUT2D eigenvalue weighted by atomic mass is 10.1. The molecular weight excluding hydrogens is 190 g/mol. The third kappa shape index (κ3) is 1.95. The summed E-state index contributed by atoms with van der Waals surface area (Å²) in [4.78, 5) is 23.4. The Labute approximate surface area is 81.4 Å². The van der Waals surface area contributed by atoms with Crippen molar-refractivity contribution in [2.24, 2.45) is 5.92 Å². The van der Waals surface area contributed by atoms with Crippen molar-refractivity contribution in [2.75, 3.05) is 27.3 Å². The van der Waals surface area contributed by atoms with Crippen molar-refractivity contribution in [3.63, 3.8) is 0 Å². The minimum absolute atomic E-state index is 0.104. The molecule has 0 aromatic rings. The zero-order valence-corrected chi connectivity index (χ0v) is 8.10. The van der Waals surface area contributed by atoms with Gasteiger partial charge in [-0.2, -0.15) is 0 Å². The monoisotopic (exact) mass is 203 g/mol. The number of carbonyl (C=O) groups is 2. The fourth-order valence-corrected chi connectivity index (χ4v) is 1.45. The number of rotatable bonds is 1. The number of aliphatic hydroxyl groups excluding tert-OH is 1. The standard InChI is InChI=1S/C8H13NO5/c1-13-7(11)5-3-9(4-6(5)10)8(12)14-2/h5-6,10H,3-4H2,1-2H3. The van der Waals surface area contributed by atoms with Gasteiger partial charge in [0, 0.05) is 6.54 Å². The molecule has 6 nitrogen and oxygen atoms in total. The summed E-state index contributed by atoms with van der Waals surface area (Å²) < 4.78 is 8.96. The first-order chi connectivity index (χ1) is 6.60. The maximum Gasteiger partial charge on any atom is 0.409 e. The van der Waals surface area contributed by atoms with Crippen LogP contribution in [0.5, 0.6) is 0 Å². The molecule has 1 aliphatic heterocycles. The van der Waals surface area contributed by atoms with E-state index in [-0.39, 0.29) is 13.1 Å². The zero-order valence-electron chi connectivity index (χ0n) is 8.10. The lowest BCUT2D eigenvalue weighted by Gasteiger charge is -2.12. The summed E-state index contributed by atoms with van der Waals surface area (Å²) in [6.07, 6.45) is -1.42. The Morgan fingerprint density at radius 3 is 2.43 bits per heavy atom. The lowest BCUT2D eigenvalue weighted by Crippen LogP contribution is -2.29. The number of ether oxygens (including phenoxy) is 2. The van der Waals surface area contributed by atoms with Crippen molar-refractivity contribution >= 4 is 12.1 Å². The molecular formula is C8H13NO5. The van der Waals surface area contributed by atoms with Gasteiger partial charge < -0.3 is 19.5 Å². The number of β-amino-alcohol motifs (C(OH)–C–C–N with tert-alkyl or cyclic N) is 1. The molecule has 0 spiro atoms. The van der Waals surface area contributed by atoms with E-state index in [2.05, 4.69) is 9.47 Å². The van der Waals surface area contributed by atoms with Gasteiger partial charge in [-0.25, -0.2) is 4.79 Å². The highest BCUT2D eigenvalue weighted by Gasteiger charge is 2.39. The molecule has 2 unspecified atom stereocenters. The second-order valence-electron chi connectivity index (χ2n) is 3.07. The zero-order chi connectivity index (χ0) is 10.7. The fourth-order valence-electron chi connectivity index (χ4n) is 1.45. The van der Waals surface area contributed by atoms with E-state index in [0.29, 0.717) is 0 Å². The lowest BCUT2D eigenvalue weighted by molar-refractivity contribution is -0.147. The van der Waals surface area contributed by atoms with Crippen LogP contribution in [0.1, 0.15) is 0 Å². The van der Waals surface area contributed by atoms with Crippen LogP contribution in [0.2, 0.25) is 0 Å². The molecule has 1 fully saturated rings. The fraction of sp³-hybridized carbons (Fsp3) is 0.750. The van der Waals surface area contributed by atoms with Crippen LogP contribution >= 0.6 is 0 Å². The van der Waals surface area contributed by atoms with Crippen LogP contribution in [0.3, 0.4) is 0 Å². The normalized spacial score (nSPS) is 26.1. The maximum absolute atomic E-state index is 11.1. The third-order valence-corrected chi connectivity index (χ3v) is 2.23. The van der Waals surface area contributed by atoms with Crippen LogP contribution < -0.4 is 0 Å². The molecule has 1 rings (SSSR count). The summed E-state index contributed by atoms with van der Waals surface area (Å²) in [7, 11) is 2.50. The van der Waals surface area contributed by atoms with Gasteiger partial charge in [0.2, 0.25) is 0 Å². The first kappa shape index (κ1) is 10.8. The molecule has 1 N–H and O–H groups in total. The summed E-state index contributed by atoms with van der Waals surface area (Å²) in [6.45, 7) is 0.243. The van der Waals surface area contributed by atoms with E-state index >= 15 is 0 Å². The molecule has 1 aliphatic rings. The Morgan fingerprint density at radius 2 is 1.93 bits per heavy atom. The molecule has 6 heteroatoms. The van der Waals surface area contributed by atoms with Gasteiger partial charge in [-0.15, -0.1) is 0 Å². The molecule has 0 aromatic heterocycles. The highest BCUT2D eigenvalue weighted by atomic mass is 16.5. The quantitative estimate of drug-likeness (QED) is 0.566. The number of hydrogen-bond donors (Lipinski definition) is 1. The molecule has 0 aliphatic carbocycles. The van der Waals surface area contributed by atoms with E-state index in [1.165, 1.54) is 19.1 Å². The molecule has 80 valence electrons. The molecule has 0 bridgehead atoms. The van der Waals surface area contributed by atoms with Crippen molar-refractivity contribution < 1.29 is 24.2 Å². The molecule has 1 heterocycles. The molecule has 2 atom stereocenters. The number of methoxy groups -OCH3 is 2. The number of likely N-dealkylation sites (tertiary alicyclic amines) is 1. The Balaban J connectivity index is 2.59. The van der Waals surface area contributed by atoms with E-state index in [4.69, 9.17) is 0 Å². The van der Waals surface area contributed by atoms with E-state index in [9.17, 15) is 14.7 Å². The smallest absolute Gasteiger partial charge is 0.409 e. The second-order valence-corrected chi connectivity index (χ2v) is 3.07. The molecule has 14 heavy (non-hydrogen) atoms. The van der Waals surface area contributed by atoms with Crippen LogP contribution in [0, 0.1) is 5.92 Å². The SMILES string of the molecule is COC(=O)C1CN(C(=O)OC)CC1O. The Kier molecular flexibility index (Phi) is 3.29. The number of esters is 1. The highest BCUT2D eigenvalue weighted by Crippen LogP contribution is 2.18. The van der Waals surface area contributed by atoms with Crippen LogP contribution in [0.25, 0.3) is 0 Å². The Bertz CT molecular complexity index is 242. The molecule has 1 saturated heterocycles. The Morgan fingerprint density at radius 1 is 1.29 bits per heavy atom. The summed E-state index contributed by atoms with van der Waals surface area (Å²) in [6, 6.07) is 0. The number of aliphatic hydroxyl groups is 1. The van der Waals surface area contributed by atoms with Gasteiger partial charge in [-0.05, 0) is 0 Å². The van der Waals surface area contributed by atoms with Crippen LogP contribution in [0.15, 0.2) is 0 Å². The van der Waals surface area contributed by atoms with Gasteiger partial charge in [0.1, 0.15) is 5.92 Å². The number of hydrogen-bond acceptors (Lipinski definition) is 5. The average Bonchev–Trinajstić information content (AvgIpc) is 2.58. The maximum atomic E-state index is 11.1. The Hall–Kier alpha value is -1.30. The molecule has 0 aromatic carbocycles. The summed E-state index contributed by atoms with van der Waals surface area (Å²) in [5.41, 5.74) is 0. The van der Waals surface area contributed by atoms with E-state index < -0.39 is 24.1 Å². The number of nitrogens with zero attached hydrogens (tertiary/aromatic N) is 1. The first-order valence-electron chi connectivity index (χ1n) is 4.19. The van der Waals surface area contributed by atoms with Crippen molar-refractivity contribution in [3.05, 3.63) is 0 Å². The molecule has 0 saturated carbocycles. The largest absolute Gasteiger partial charge is 0.469 e. The second kappa shape index (κ2) is 4.28. The average molecular weight is 203 g/mol. The van der Waals surface area contributed by atoms with Crippen molar-refractivity contribution in [1.82, 2.24) is 4.90 Å². The highest BCUT2D eigenvalue weighted by molar-refractivity contribution is 5.76. The van der Waals surface area contributed by atoms with Gasteiger partial charge in [-0.1, -0.05) is 0 Å². The minimum atomic E-state index is -0.874. The number of amides is 1. The van der Waals surface area contributed by atoms with Crippen LogP contribution in [-0.4, -0.2) is 55.5 Å². The number of carbonyl (C=O) groups excluding carboxylic acids is 2. The van der Waals surface area contributed by atoms with E-state index in [1.54, 1.807) is 0 Å². The van der Waals surface area contributed by atoms with Crippen molar-refractivity contribution in [2.45, 2.75) is 6.10 Å². The van der Waals surface area contributed by atoms with Gasteiger partial charge in [0.25, 0.3) is 0 Å².